The Morgan fingerprint density at radius 3 is 1.44 bits per heavy atom. The molecule has 0 aliphatic heterocycles. The molecule has 0 aromatic carbocycles. The fraction of sp³-hybridized carbons (Fsp3) is 0.548. The zero-order valence-electron chi connectivity index (χ0n) is 26.7. The maximum atomic E-state index is 13.4. The predicted molar refractivity (Wildman–Crippen MR) is 174 cm³/mol. The van der Waals surface area contributed by atoms with E-state index < -0.39 is 17.2 Å². The van der Waals surface area contributed by atoms with Gasteiger partial charge in [0.1, 0.15) is 16.8 Å². The Morgan fingerprint density at radius 1 is 0.756 bits per heavy atom. The second-order valence-electron chi connectivity index (χ2n) is 12.5. The van der Waals surface area contributed by atoms with Crippen molar-refractivity contribution in [3.8, 4) is 0 Å². The van der Waals surface area contributed by atoms with E-state index in [1.165, 1.54) is 0 Å². The number of aryl methyl sites for hydroxylation is 2. The first-order chi connectivity index (χ1) is 21.2. The Hall–Kier alpha value is -4.62. The second kappa shape index (κ2) is 15.4. The van der Waals surface area contributed by atoms with E-state index in [0.717, 1.165) is 12.8 Å². The van der Waals surface area contributed by atoms with Crippen LogP contribution in [-0.2, 0) is 22.7 Å². The van der Waals surface area contributed by atoms with E-state index in [-0.39, 0.29) is 49.4 Å². The number of nitrogens with two attached hydrogens (primary N) is 2. The molecule has 2 heterocycles. The summed E-state index contributed by atoms with van der Waals surface area (Å²) in [6.07, 6.45) is 6.21. The molecular formula is C31H48N10O4. The first-order valence-corrected chi connectivity index (χ1v) is 15.5. The van der Waals surface area contributed by atoms with Crippen molar-refractivity contribution in [1.29, 1.82) is 10.8 Å². The van der Waals surface area contributed by atoms with Crippen LogP contribution in [0.25, 0.3) is 0 Å². The molecule has 4 amide bonds. The second-order valence-corrected chi connectivity index (χ2v) is 12.5. The molecule has 14 nitrogen and oxygen atoms in total. The third kappa shape index (κ3) is 9.95. The fourth-order valence-electron chi connectivity index (χ4n) is 4.69. The predicted octanol–water partition coefficient (Wildman–Crippen LogP) is 2.85. The summed E-state index contributed by atoms with van der Waals surface area (Å²) < 4.78 is 3.56. The number of carbonyl (C=O) groups is 4. The number of carbonyl (C=O) groups excluding carboxylic acids is 4. The Labute approximate surface area is 264 Å². The van der Waals surface area contributed by atoms with Crippen LogP contribution < -0.4 is 32.7 Å². The van der Waals surface area contributed by atoms with Crippen LogP contribution in [0.3, 0.4) is 0 Å². The minimum atomic E-state index is -1.27. The summed E-state index contributed by atoms with van der Waals surface area (Å²) in [7, 11) is 0. The maximum absolute atomic E-state index is 13.4. The molecule has 14 heteroatoms. The van der Waals surface area contributed by atoms with E-state index in [2.05, 4.69) is 49.0 Å². The van der Waals surface area contributed by atoms with E-state index >= 15 is 0 Å². The monoisotopic (exact) mass is 624 g/mol. The normalized spacial score (nSPS) is 13.4. The van der Waals surface area contributed by atoms with Gasteiger partial charge in [-0.15, -0.1) is 0 Å². The van der Waals surface area contributed by atoms with Gasteiger partial charge < -0.3 is 41.9 Å². The lowest BCUT2D eigenvalue weighted by Gasteiger charge is -2.14. The summed E-state index contributed by atoms with van der Waals surface area (Å²) in [5.74, 6) is -0.887. The van der Waals surface area contributed by atoms with Crippen molar-refractivity contribution in [3.05, 3.63) is 35.9 Å². The van der Waals surface area contributed by atoms with Crippen LogP contribution in [0, 0.1) is 28.1 Å². The number of rotatable bonds is 18. The molecule has 2 aromatic rings. The topological polar surface area (TPSA) is 226 Å². The van der Waals surface area contributed by atoms with Crippen LogP contribution in [0.2, 0.25) is 0 Å². The maximum Gasteiger partial charge on any atom is 0.267 e. The van der Waals surface area contributed by atoms with Crippen molar-refractivity contribution in [2.24, 2.45) is 28.7 Å². The largest absolute Gasteiger partial charge is 0.388 e. The molecule has 10 N–H and O–H groups in total. The Morgan fingerprint density at radius 2 is 1.13 bits per heavy atom. The van der Waals surface area contributed by atoms with Gasteiger partial charge in [-0.2, -0.15) is 0 Å². The number of nitrogens with one attached hydrogen (secondary N) is 6. The number of amides is 4. The quantitative estimate of drug-likeness (QED) is 0.0706. The highest BCUT2D eigenvalue weighted by atomic mass is 16.2. The molecule has 1 saturated carbocycles. The lowest BCUT2D eigenvalue weighted by Crippen LogP contribution is -2.35. The van der Waals surface area contributed by atoms with Crippen molar-refractivity contribution in [2.45, 2.75) is 79.3 Å². The molecule has 2 aromatic heterocycles. The number of hydrogen-bond acceptors (Lipinski definition) is 6. The number of hydrogen-bond donors (Lipinski definition) is 8. The van der Waals surface area contributed by atoms with Gasteiger partial charge in [0.2, 0.25) is 11.8 Å². The molecule has 0 bridgehead atoms. The molecule has 3 rings (SSSR count). The molecule has 1 aliphatic rings. The fourth-order valence-corrected chi connectivity index (χ4v) is 4.69. The van der Waals surface area contributed by atoms with Gasteiger partial charge in [-0.3, -0.25) is 30.0 Å². The summed E-state index contributed by atoms with van der Waals surface area (Å²) in [6, 6.07) is 3.17. The van der Waals surface area contributed by atoms with Gasteiger partial charge in [-0.1, -0.05) is 27.7 Å². The van der Waals surface area contributed by atoms with E-state index in [1.807, 2.05) is 0 Å². The standard InChI is InChI=1S/C31H48N10O4/c1-19(2)7-13-40-17-21(15-23(40)27(42)36-11-5-25(32)33)38-29(44)31(9-10-31)30(45)39-22-16-24(28(43)37-12-6-26(34)35)41(18-22)14-8-20(3)4/h15-20H,5-14H2,1-4H3,(H3,32,33)(H3,34,35)(H,36,42)(H,37,43)(H,38,44)(H,39,45). The molecule has 0 atom stereocenters. The third-order valence-electron chi connectivity index (χ3n) is 7.65. The molecule has 0 unspecified atom stereocenters. The highest BCUT2D eigenvalue weighted by Crippen LogP contribution is 2.47. The van der Waals surface area contributed by atoms with Crippen molar-refractivity contribution in [2.75, 3.05) is 23.7 Å². The van der Waals surface area contributed by atoms with Crippen LogP contribution in [-0.4, -0.2) is 57.5 Å². The van der Waals surface area contributed by atoms with Gasteiger partial charge in [-0.25, -0.2) is 0 Å². The van der Waals surface area contributed by atoms with Gasteiger partial charge in [0.05, 0.1) is 23.0 Å². The summed E-state index contributed by atoms with van der Waals surface area (Å²) in [5, 5.41) is 25.9. The van der Waals surface area contributed by atoms with Gasteiger partial charge in [-0.05, 0) is 49.7 Å². The Bertz CT molecular complexity index is 1310. The average molecular weight is 625 g/mol. The summed E-state index contributed by atoms with van der Waals surface area (Å²) >= 11 is 0. The zero-order chi connectivity index (χ0) is 33.3. The SMILES string of the molecule is CC(C)CCn1cc(NC(=O)C2(C(=O)Nc3cc(C(=O)NCCC(=N)N)n(CCC(C)C)c3)CC2)cc1C(=O)NCCC(=N)N. The van der Waals surface area contributed by atoms with Crippen molar-refractivity contribution in [3.63, 3.8) is 0 Å². The summed E-state index contributed by atoms with van der Waals surface area (Å²) in [4.78, 5) is 52.7. The van der Waals surface area contributed by atoms with E-state index in [4.69, 9.17) is 22.3 Å². The number of anilines is 2. The highest BCUT2D eigenvalue weighted by Gasteiger charge is 2.56. The van der Waals surface area contributed by atoms with Crippen LogP contribution in [0.1, 0.15) is 87.2 Å². The van der Waals surface area contributed by atoms with Crippen LogP contribution in [0.5, 0.6) is 0 Å². The Balaban J connectivity index is 1.73. The molecular weight excluding hydrogens is 576 g/mol. The first kappa shape index (κ1) is 34.9. The van der Waals surface area contributed by atoms with Gasteiger partial charge in [0, 0.05) is 51.4 Å². The molecule has 1 aliphatic carbocycles. The molecule has 0 spiro atoms. The van der Waals surface area contributed by atoms with Crippen LogP contribution in [0.15, 0.2) is 24.5 Å². The first-order valence-electron chi connectivity index (χ1n) is 15.5. The van der Waals surface area contributed by atoms with E-state index in [1.54, 1.807) is 33.7 Å². The van der Waals surface area contributed by atoms with E-state index in [9.17, 15) is 19.2 Å². The number of aromatic nitrogens is 2. The molecule has 45 heavy (non-hydrogen) atoms. The summed E-state index contributed by atoms with van der Waals surface area (Å²) in [5.41, 5.74) is 11.1. The average Bonchev–Trinajstić information content (AvgIpc) is 3.53. The molecule has 1 fully saturated rings. The molecule has 0 saturated heterocycles. The third-order valence-corrected chi connectivity index (χ3v) is 7.65. The number of nitrogens with zero attached hydrogens (tertiary/aromatic N) is 2. The number of amidine groups is 2. The molecule has 0 radical (unpaired) electrons. The minimum absolute atomic E-state index is 0.0253. The highest BCUT2D eigenvalue weighted by molar-refractivity contribution is 6.17. The summed E-state index contributed by atoms with van der Waals surface area (Å²) in [6.45, 7) is 9.88. The van der Waals surface area contributed by atoms with Gasteiger partial charge in [0.15, 0.2) is 0 Å². The zero-order valence-corrected chi connectivity index (χ0v) is 26.7. The minimum Gasteiger partial charge on any atom is -0.388 e. The van der Waals surface area contributed by atoms with Gasteiger partial charge in [0.25, 0.3) is 11.8 Å². The van der Waals surface area contributed by atoms with Crippen molar-refractivity contribution < 1.29 is 19.2 Å². The Kier molecular flexibility index (Phi) is 11.9. The van der Waals surface area contributed by atoms with Gasteiger partial charge >= 0.3 is 0 Å². The van der Waals surface area contributed by atoms with E-state index in [0.29, 0.717) is 60.5 Å². The smallest absolute Gasteiger partial charge is 0.267 e. The van der Waals surface area contributed by atoms with Crippen LogP contribution in [0.4, 0.5) is 11.4 Å². The van der Waals surface area contributed by atoms with Crippen LogP contribution >= 0.6 is 0 Å². The van der Waals surface area contributed by atoms with Crippen molar-refractivity contribution >= 4 is 46.7 Å². The van der Waals surface area contributed by atoms with Crippen molar-refractivity contribution in [1.82, 2.24) is 19.8 Å². The lowest BCUT2D eigenvalue weighted by atomic mass is 10.1. The lowest BCUT2D eigenvalue weighted by molar-refractivity contribution is -0.131. The molecule has 246 valence electrons.